The summed E-state index contributed by atoms with van der Waals surface area (Å²) in [7, 11) is 1.77. The summed E-state index contributed by atoms with van der Waals surface area (Å²) in [6.45, 7) is 13.2. The van der Waals surface area contributed by atoms with Crippen LogP contribution in [0.15, 0.2) is 18.2 Å². The summed E-state index contributed by atoms with van der Waals surface area (Å²) in [5, 5.41) is 0. The molecule has 2 fully saturated rings. The van der Waals surface area contributed by atoms with E-state index < -0.39 is 0 Å². The Kier molecular flexibility index (Phi) is 5.29. The summed E-state index contributed by atoms with van der Waals surface area (Å²) in [6.07, 6.45) is 2.09. The van der Waals surface area contributed by atoms with Crippen LogP contribution in [0.1, 0.15) is 39.9 Å². The first-order valence-electron chi connectivity index (χ1n) is 10.4. The fourth-order valence-corrected chi connectivity index (χ4v) is 3.89. The number of hydrogen-bond donors (Lipinski definition) is 0. The summed E-state index contributed by atoms with van der Waals surface area (Å²) in [4.78, 5) is 7.33. The second-order valence-electron chi connectivity index (χ2n) is 8.98. The van der Waals surface area contributed by atoms with Crippen molar-refractivity contribution in [1.82, 2.24) is 14.5 Å². The highest BCUT2D eigenvalue weighted by molar-refractivity contribution is 6.62. The molecule has 3 heterocycles. The zero-order valence-electron chi connectivity index (χ0n) is 17.8. The fourth-order valence-electron chi connectivity index (χ4n) is 3.89. The minimum absolute atomic E-state index is 0.330. The van der Waals surface area contributed by atoms with Crippen LogP contribution in [0.4, 0.5) is 0 Å². The van der Waals surface area contributed by atoms with Gasteiger partial charge in [0.2, 0.25) is 0 Å². The molecule has 4 rings (SSSR count). The molecule has 6 nitrogen and oxygen atoms in total. The predicted octanol–water partition coefficient (Wildman–Crippen LogP) is 2.14. The zero-order chi connectivity index (χ0) is 19.9. The number of hydrogen-bond acceptors (Lipinski definition) is 5. The lowest BCUT2D eigenvalue weighted by Gasteiger charge is -2.32. The van der Waals surface area contributed by atoms with E-state index in [9.17, 15) is 0 Å². The summed E-state index contributed by atoms with van der Waals surface area (Å²) in [5.41, 5.74) is 2.56. The van der Waals surface area contributed by atoms with Gasteiger partial charge in [-0.1, -0.05) is 6.07 Å². The third kappa shape index (κ3) is 3.73. The highest BCUT2D eigenvalue weighted by Crippen LogP contribution is 2.36. The molecule has 0 atom stereocenters. The molecule has 2 aliphatic rings. The van der Waals surface area contributed by atoms with E-state index in [1.54, 1.807) is 0 Å². The highest BCUT2D eigenvalue weighted by atomic mass is 16.7. The Balaban J connectivity index is 1.47. The number of benzene rings is 1. The molecular weight excluding hydrogens is 353 g/mol. The second-order valence-corrected chi connectivity index (χ2v) is 8.98. The van der Waals surface area contributed by atoms with E-state index in [4.69, 9.17) is 19.0 Å². The van der Waals surface area contributed by atoms with Crippen molar-refractivity contribution in [3.63, 3.8) is 0 Å². The molecular formula is C21H32BN3O3. The lowest BCUT2D eigenvalue weighted by atomic mass is 9.79. The van der Waals surface area contributed by atoms with Crippen molar-refractivity contribution in [3.05, 3.63) is 24.0 Å². The molecule has 0 bridgehead atoms. The molecule has 0 N–H and O–H groups in total. The zero-order valence-corrected chi connectivity index (χ0v) is 17.8. The molecule has 1 aromatic carbocycles. The van der Waals surface area contributed by atoms with E-state index in [2.05, 4.69) is 62.4 Å². The average molecular weight is 385 g/mol. The number of ether oxygens (including phenoxy) is 1. The Morgan fingerprint density at radius 1 is 1.07 bits per heavy atom. The van der Waals surface area contributed by atoms with Crippen LogP contribution in [0.3, 0.4) is 0 Å². The molecule has 7 heteroatoms. The minimum atomic E-state index is -0.339. The monoisotopic (exact) mass is 385 g/mol. The lowest BCUT2D eigenvalue weighted by Crippen LogP contribution is -2.41. The van der Waals surface area contributed by atoms with Crippen molar-refractivity contribution < 1.29 is 14.0 Å². The molecule has 2 aliphatic heterocycles. The van der Waals surface area contributed by atoms with E-state index in [0.717, 1.165) is 68.0 Å². The Labute approximate surface area is 168 Å². The first kappa shape index (κ1) is 19.9. The van der Waals surface area contributed by atoms with Gasteiger partial charge in [0.05, 0.1) is 35.4 Å². The molecule has 0 radical (unpaired) electrons. The SMILES string of the molecule is Cn1c(CCCN2CCOCC2)nc2ccc(B3OC(C)(C)C(C)(C)O3)cc21. The quantitative estimate of drug-likeness (QED) is 0.739. The number of fused-ring (bicyclic) bond motifs is 1. The van der Waals surface area contributed by atoms with Gasteiger partial charge in [0.25, 0.3) is 0 Å². The first-order chi connectivity index (χ1) is 13.3. The van der Waals surface area contributed by atoms with Gasteiger partial charge in [-0.15, -0.1) is 0 Å². The van der Waals surface area contributed by atoms with Gasteiger partial charge < -0.3 is 18.6 Å². The van der Waals surface area contributed by atoms with Gasteiger partial charge in [0.1, 0.15) is 5.82 Å². The third-order valence-corrected chi connectivity index (χ3v) is 6.50. The van der Waals surface area contributed by atoms with Gasteiger partial charge in [-0.25, -0.2) is 4.98 Å². The Hall–Kier alpha value is -1.41. The van der Waals surface area contributed by atoms with Gasteiger partial charge in [0.15, 0.2) is 0 Å². The van der Waals surface area contributed by atoms with Gasteiger partial charge in [-0.2, -0.15) is 0 Å². The van der Waals surface area contributed by atoms with Crippen LogP contribution in [0.5, 0.6) is 0 Å². The fraction of sp³-hybridized carbons (Fsp3) is 0.667. The van der Waals surface area contributed by atoms with Crippen molar-refractivity contribution in [2.24, 2.45) is 7.05 Å². The number of rotatable bonds is 5. The number of morpholine rings is 1. The average Bonchev–Trinajstić information content (AvgIpc) is 3.08. The molecule has 152 valence electrons. The first-order valence-corrected chi connectivity index (χ1v) is 10.4. The molecule has 0 amide bonds. The van der Waals surface area contributed by atoms with Crippen LogP contribution >= 0.6 is 0 Å². The van der Waals surface area contributed by atoms with Gasteiger partial charge in [-0.05, 0) is 58.3 Å². The number of aryl methyl sites for hydroxylation is 2. The third-order valence-electron chi connectivity index (χ3n) is 6.50. The Morgan fingerprint density at radius 3 is 2.43 bits per heavy atom. The van der Waals surface area contributed by atoms with E-state index in [0.29, 0.717) is 0 Å². The Morgan fingerprint density at radius 2 is 1.75 bits per heavy atom. The van der Waals surface area contributed by atoms with Gasteiger partial charge >= 0.3 is 7.12 Å². The molecule has 2 aromatic rings. The highest BCUT2D eigenvalue weighted by Gasteiger charge is 2.51. The van der Waals surface area contributed by atoms with E-state index in [1.807, 2.05) is 0 Å². The number of imidazole rings is 1. The van der Waals surface area contributed by atoms with Gasteiger partial charge in [-0.3, -0.25) is 4.90 Å². The van der Waals surface area contributed by atoms with Crippen LogP contribution in [0.25, 0.3) is 11.0 Å². The largest absolute Gasteiger partial charge is 0.494 e. The molecule has 1 aromatic heterocycles. The van der Waals surface area contributed by atoms with Gasteiger partial charge in [0, 0.05) is 26.6 Å². The normalized spacial score (nSPS) is 22.2. The second kappa shape index (κ2) is 7.45. The molecule has 0 spiro atoms. The molecule has 2 saturated heterocycles. The van der Waals surface area contributed by atoms with E-state index >= 15 is 0 Å². The van der Waals surface area contributed by atoms with Crippen LogP contribution < -0.4 is 5.46 Å². The topological polar surface area (TPSA) is 48.8 Å². The molecule has 0 saturated carbocycles. The summed E-state index contributed by atoms with van der Waals surface area (Å²) in [5.74, 6) is 1.13. The number of aromatic nitrogens is 2. The summed E-state index contributed by atoms with van der Waals surface area (Å²) >= 11 is 0. The smallest absolute Gasteiger partial charge is 0.399 e. The molecule has 0 aliphatic carbocycles. The van der Waals surface area contributed by atoms with Crippen molar-refractivity contribution in [3.8, 4) is 0 Å². The lowest BCUT2D eigenvalue weighted by molar-refractivity contribution is 0.00578. The van der Waals surface area contributed by atoms with Crippen LogP contribution in [0, 0.1) is 0 Å². The predicted molar refractivity (Wildman–Crippen MR) is 112 cm³/mol. The molecule has 28 heavy (non-hydrogen) atoms. The van der Waals surface area contributed by atoms with E-state index in [-0.39, 0.29) is 18.3 Å². The van der Waals surface area contributed by atoms with Crippen molar-refractivity contribution in [1.29, 1.82) is 0 Å². The summed E-state index contributed by atoms with van der Waals surface area (Å²) < 4.78 is 20.1. The van der Waals surface area contributed by atoms with Crippen LogP contribution in [-0.4, -0.2) is 65.6 Å². The maximum atomic E-state index is 6.21. The number of nitrogens with zero attached hydrogens (tertiary/aromatic N) is 3. The van der Waals surface area contributed by atoms with Crippen molar-refractivity contribution >= 4 is 23.6 Å². The van der Waals surface area contributed by atoms with Crippen molar-refractivity contribution in [2.45, 2.75) is 51.7 Å². The maximum absolute atomic E-state index is 6.21. The Bertz CT molecular complexity index is 827. The minimum Gasteiger partial charge on any atom is -0.399 e. The standard InChI is InChI=1S/C21H32BN3O3/c1-20(2)21(3,4)28-22(27-20)16-8-9-17-18(15-16)24(5)19(23-17)7-6-10-25-11-13-26-14-12-25/h8-9,15H,6-7,10-14H2,1-5H3. The molecule has 0 unspecified atom stereocenters. The van der Waals surface area contributed by atoms with E-state index in [1.165, 1.54) is 0 Å². The maximum Gasteiger partial charge on any atom is 0.494 e. The van der Waals surface area contributed by atoms with Crippen molar-refractivity contribution in [2.75, 3.05) is 32.8 Å². The van der Waals surface area contributed by atoms with Crippen LogP contribution in [-0.2, 0) is 27.5 Å². The van der Waals surface area contributed by atoms with Crippen LogP contribution in [0.2, 0.25) is 0 Å². The summed E-state index contributed by atoms with van der Waals surface area (Å²) in [6, 6.07) is 6.33.